The predicted molar refractivity (Wildman–Crippen MR) is 69.5 cm³/mol. The molecule has 6 nitrogen and oxygen atoms in total. The minimum absolute atomic E-state index is 0.0929. The number of nitro groups is 1. The zero-order valence-electron chi connectivity index (χ0n) is 9.87. The minimum Gasteiger partial charge on any atom is -0.317 e. The van der Waals surface area contributed by atoms with Crippen molar-refractivity contribution in [3.05, 3.63) is 28.3 Å². The standard InChI is InChI=1S/C11H12N4O2S/c1-2-13-5-6-14-10-4-3-8(15(16)17)7-9(10)12-11(14)18-13/h3-4,7H,2,5-6H2,1H3. The first kappa shape index (κ1) is 11.5. The van der Waals surface area contributed by atoms with E-state index in [0.29, 0.717) is 5.52 Å². The Hall–Kier alpha value is -1.60. The predicted octanol–water partition coefficient (Wildman–Crippen LogP) is 2.29. The third-order valence-electron chi connectivity index (χ3n) is 3.04. The average molecular weight is 264 g/mol. The number of imidazole rings is 1. The van der Waals surface area contributed by atoms with Crippen LogP contribution in [0.1, 0.15) is 6.92 Å². The largest absolute Gasteiger partial charge is 0.317 e. The topological polar surface area (TPSA) is 64.2 Å². The van der Waals surface area contributed by atoms with Crippen LogP contribution in [-0.4, -0.2) is 31.9 Å². The lowest BCUT2D eigenvalue weighted by Crippen LogP contribution is -2.26. The van der Waals surface area contributed by atoms with Gasteiger partial charge in [0, 0.05) is 31.8 Å². The van der Waals surface area contributed by atoms with Crippen LogP contribution < -0.4 is 0 Å². The van der Waals surface area contributed by atoms with Gasteiger partial charge < -0.3 is 4.57 Å². The second kappa shape index (κ2) is 4.25. The van der Waals surface area contributed by atoms with Crippen LogP contribution in [0.5, 0.6) is 0 Å². The Morgan fingerprint density at radius 2 is 2.33 bits per heavy atom. The summed E-state index contributed by atoms with van der Waals surface area (Å²) in [6.45, 7) is 4.92. The van der Waals surface area contributed by atoms with Gasteiger partial charge in [-0.05, 0) is 18.0 Å². The summed E-state index contributed by atoms with van der Waals surface area (Å²) in [6, 6.07) is 4.86. The van der Waals surface area contributed by atoms with Crippen molar-refractivity contribution in [1.82, 2.24) is 13.9 Å². The van der Waals surface area contributed by atoms with Gasteiger partial charge in [0.2, 0.25) is 0 Å². The molecule has 1 aromatic heterocycles. The monoisotopic (exact) mass is 264 g/mol. The van der Waals surface area contributed by atoms with E-state index in [2.05, 4.69) is 20.8 Å². The summed E-state index contributed by atoms with van der Waals surface area (Å²) in [4.78, 5) is 14.8. The Bertz CT molecular complexity index is 625. The molecule has 0 fully saturated rings. The molecule has 0 saturated carbocycles. The maximum Gasteiger partial charge on any atom is 0.271 e. The van der Waals surface area contributed by atoms with Crippen LogP contribution in [0.2, 0.25) is 0 Å². The van der Waals surface area contributed by atoms with E-state index in [1.165, 1.54) is 12.1 Å². The van der Waals surface area contributed by atoms with Gasteiger partial charge in [-0.25, -0.2) is 9.29 Å². The number of nitrogens with zero attached hydrogens (tertiary/aromatic N) is 4. The van der Waals surface area contributed by atoms with Crippen molar-refractivity contribution >= 4 is 28.7 Å². The SMILES string of the molecule is CCN1CCn2c(nc3cc([N+](=O)[O-])ccc32)S1. The number of benzene rings is 1. The molecule has 0 radical (unpaired) electrons. The molecule has 0 saturated heterocycles. The fraction of sp³-hybridized carbons (Fsp3) is 0.364. The molecule has 94 valence electrons. The van der Waals surface area contributed by atoms with Gasteiger partial charge in [-0.15, -0.1) is 0 Å². The molecule has 3 rings (SSSR count). The molecule has 0 unspecified atom stereocenters. The van der Waals surface area contributed by atoms with Crippen LogP contribution in [0.3, 0.4) is 0 Å². The summed E-state index contributed by atoms with van der Waals surface area (Å²) in [5.41, 5.74) is 1.76. The fourth-order valence-corrected chi connectivity index (χ4v) is 3.05. The van der Waals surface area contributed by atoms with E-state index in [1.54, 1.807) is 18.0 Å². The van der Waals surface area contributed by atoms with E-state index < -0.39 is 0 Å². The van der Waals surface area contributed by atoms with Crippen molar-refractivity contribution in [1.29, 1.82) is 0 Å². The van der Waals surface area contributed by atoms with Gasteiger partial charge >= 0.3 is 0 Å². The summed E-state index contributed by atoms with van der Waals surface area (Å²) in [5.74, 6) is 0. The summed E-state index contributed by atoms with van der Waals surface area (Å²) >= 11 is 1.61. The first-order valence-corrected chi connectivity index (χ1v) is 6.54. The molecule has 2 aromatic rings. The van der Waals surface area contributed by atoms with Crippen molar-refractivity contribution in [3.63, 3.8) is 0 Å². The van der Waals surface area contributed by atoms with Crippen molar-refractivity contribution < 1.29 is 4.92 Å². The lowest BCUT2D eigenvalue weighted by Gasteiger charge is -2.24. The first-order valence-electron chi connectivity index (χ1n) is 5.76. The molecule has 18 heavy (non-hydrogen) atoms. The van der Waals surface area contributed by atoms with Crippen LogP contribution in [0.25, 0.3) is 11.0 Å². The van der Waals surface area contributed by atoms with Gasteiger partial charge in [-0.2, -0.15) is 0 Å². The van der Waals surface area contributed by atoms with E-state index >= 15 is 0 Å². The molecule has 2 heterocycles. The number of non-ortho nitro benzene ring substituents is 1. The Labute approximate surface area is 108 Å². The number of likely N-dealkylation sites (N-methyl/N-ethyl adjacent to an activating group) is 1. The Kier molecular flexibility index (Phi) is 2.71. The lowest BCUT2D eigenvalue weighted by atomic mass is 10.3. The summed E-state index contributed by atoms with van der Waals surface area (Å²) in [6.07, 6.45) is 0. The smallest absolute Gasteiger partial charge is 0.271 e. The van der Waals surface area contributed by atoms with E-state index in [-0.39, 0.29) is 10.6 Å². The second-order valence-electron chi connectivity index (χ2n) is 4.09. The molecule has 0 N–H and O–H groups in total. The van der Waals surface area contributed by atoms with E-state index in [1.807, 2.05) is 0 Å². The van der Waals surface area contributed by atoms with Crippen LogP contribution in [0.15, 0.2) is 23.4 Å². The molecule has 0 amide bonds. The van der Waals surface area contributed by atoms with Gasteiger partial charge in [-0.1, -0.05) is 6.92 Å². The quantitative estimate of drug-likeness (QED) is 0.473. The van der Waals surface area contributed by atoms with Crippen LogP contribution in [0, 0.1) is 10.1 Å². The van der Waals surface area contributed by atoms with Crippen molar-refractivity contribution in [2.24, 2.45) is 0 Å². The van der Waals surface area contributed by atoms with Crippen LogP contribution >= 0.6 is 11.9 Å². The maximum absolute atomic E-state index is 10.7. The van der Waals surface area contributed by atoms with Gasteiger partial charge in [-0.3, -0.25) is 10.1 Å². The third kappa shape index (κ3) is 1.75. The molecule has 1 aromatic carbocycles. The Morgan fingerprint density at radius 3 is 3.06 bits per heavy atom. The molecule has 0 spiro atoms. The van der Waals surface area contributed by atoms with Crippen LogP contribution in [-0.2, 0) is 6.54 Å². The van der Waals surface area contributed by atoms with E-state index in [0.717, 1.165) is 30.3 Å². The molecular formula is C11H12N4O2S. The number of rotatable bonds is 2. The van der Waals surface area contributed by atoms with Gasteiger partial charge in [0.1, 0.15) is 0 Å². The number of nitro benzene ring substituents is 1. The average Bonchev–Trinajstić information content (AvgIpc) is 2.74. The fourth-order valence-electron chi connectivity index (χ4n) is 2.09. The van der Waals surface area contributed by atoms with Crippen molar-refractivity contribution in [3.8, 4) is 0 Å². The normalized spacial score (nSPS) is 15.8. The number of hydrogen-bond donors (Lipinski definition) is 0. The zero-order chi connectivity index (χ0) is 12.7. The number of hydrogen-bond acceptors (Lipinski definition) is 5. The Morgan fingerprint density at radius 1 is 1.50 bits per heavy atom. The number of fused-ring (bicyclic) bond motifs is 3. The highest BCUT2D eigenvalue weighted by Crippen LogP contribution is 2.31. The van der Waals surface area contributed by atoms with Crippen molar-refractivity contribution in [2.45, 2.75) is 18.6 Å². The Balaban J connectivity index is 2.09. The summed E-state index contributed by atoms with van der Waals surface area (Å²) < 4.78 is 4.35. The molecule has 0 aliphatic carbocycles. The third-order valence-corrected chi connectivity index (χ3v) is 4.22. The van der Waals surface area contributed by atoms with Crippen molar-refractivity contribution in [2.75, 3.05) is 13.1 Å². The molecule has 0 atom stereocenters. The number of aromatic nitrogens is 2. The van der Waals surface area contributed by atoms with Crippen LogP contribution in [0.4, 0.5) is 5.69 Å². The molecule has 1 aliphatic rings. The lowest BCUT2D eigenvalue weighted by molar-refractivity contribution is -0.384. The van der Waals surface area contributed by atoms with Gasteiger partial charge in [0.25, 0.3) is 5.69 Å². The van der Waals surface area contributed by atoms with E-state index in [4.69, 9.17) is 0 Å². The molecule has 1 aliphatic heterocycles. The van der Waals surface area contributed by atoms with Gasteiger partial charge in [0.05, 0.1) is 16.0 Å². The maximum atomic E-state index is 10.7. The summed E-state index contributed by atoms with van der Waals surface area (Å²) in [7, 11) is 0. The van der Waals surface area contributed by atoms with E-state index in [9.17, 15) is 10.1 Å². The highest BCUT2D eigenvalue weighted by Gasteiger charge is 2.21. The summed E-state index contributed by atoms with van der Waals surface area (Å²) in [5, 5.41) is 11.7. The molecular weight excluding hydrogens is 252 g/mol. The highest BCUT2D eigenvalue weighted by atomic mass is 32.2. The zero-order valence-corrected chi connectivity index (χ0v) is 10.7. The van der Waals surface area contributed by atoms with Gasteiger partial charge in [0.15, 0.2) is 5.16 Å². The minimum atomic E-state index is -0.386. The first-order chi connectivity index (χ1) is 8.69. The highest BCUT2D eigenvalue weighted by molar-refractivity contribution is 7.96. The molecule has 0 bridgehead atoms. The molecule has 7 heteroatoms. The second-order valence-corrected chi connectivity index (χ2v) is 5.15.